The average Bonchev–Trinajstić information content (AvgIpc) is 3.65. The van der Waals surface area contributed by atoms with Crippen LogP contribution in [0.15, 0.2) is 66.9 Å². The van der Waals surface area contributed by atoms with E-state index in [1.54, 1.807) is 48.4 Å². The predicted octanol–water partition coefficient (Wildman–Crippen LogP) is 5.86. The summed E-state index contributed by atoms with van der Waals surface area (Å²) in [4.78, 5) is 49.7. The third kappa shape index (κ3) is 7.47. The van der Waals surface area contributed by atoms with Crippen molar-refractivity contribution in [3.8, 4) is 5.75 Å². The van der Waals surface area contributed by atoms with Crippen molar-refractivity contribution in [2.75, 3.05) is 51.3 Å². The molecule has 6 rings (SSSR count). The zero-order valence-corrected chi connectivity index (χ0v) is 26.6. The molecular weight excluding hydrogens is 583 g/mol. The number of methoxy groups -OCH3 is 1. The van der Waals surface area contributed by atoms with E-state index in [4.69, 9.17) is 4.74 Å². The SMILES string of the molecule is COc1ccc(C(=O)C2CCN(C(=O)c3ccc(C(=O)C[C@@H]4CCN(Cc5ccc(N6CCCC6)cc5)C[C@H]4F)cn3)CC2)cc1. The maximum absolute atomic E-state index is 15.2. The third-order valence-electron chi connectivity index (χ3n) is 9.85. The van der Waals surface area contributed by atoms with E-state index < -0.39 is 6.17 Å². The number of carbonyl (C=O) groups is 3. The van der Waals surface area contributed by atoms with E-state index in [-0.39, 0.29) is 41.4 Å². The number of ether oxygens (including phenoxy) is 1. The van der Waals surface area contributed by atoms with Crippen molar-refractivity contribution < 1.29 is 23.5 Å². The van der Waals surface area contributed by atoms with Crippen LogP contribution in [0.2, 0.25) is 0 Å². The number of halogens is 1. The number of rotatable bonds is 10. The van der Waals surface area contributed by atoms with Gasteiger partial charge in [0, 0.05) is 74.6 Å². The second kappa shape index (κ2) is 14.5. The Balaban J connectivity index is 0.950. The summed E-state index contributed by atoms with van der Waals surface area (Å²) in [5.74, 6) is -0.0411. The molecule has 3 aliphatic rings. The zero-order chi connectivity index (χ0) is 32.0. The summed E-state index contributed by atoms with van der Waals surface area (Å²) in [5, 5.41) is 0. The fourth-order valence-corrected chi connectivity index (χ4v) is 6.97. The topological polar surface area (TPSA) is 83.0 Å². The van der Waals surface area contributed by atoms with Gasteiger partial charge in [-0.3, -0.25) is 24.3 Å². The number of Topliss-reactive ketones (excluding diaryl/α,β-unsaturated/α-hetero) is 2. The van der Waals surface area contributed by atoms with Crippen LogP contribution in [0.1, 0.15) is 75.3 Å². The molecule has 4 heterocycles. The number of nitrogens with zero attached hydrogens (tertiary/aromatic N) is 4. The zero-order valence-electron chi connectivity index (χ0n) is 26.6. The van der Waals surface area contributed by atoms with Crippen LogP contribution in [-0.2, 0) is 6.54 Å². The number of amides is 1. The molecule has 0 N–H and O–H groups in total. The van der Waals surface area contributed by atoms with E-state index in [0.717, 1.165) is 19.6 Å². The van der Waals surface area contributed by atoms with Crippen LogP contribution in [0, 0.1) is 11.8 Å². The molecule has 1 aromatic heterocycles. The molecule has 0 radical (unpaired) electrons. The van der Waals surface area contributed by atoms with Crippen molar-refractivity contribution >= 4 is 23.2 Å². The van der Waals surface area contributed by atoms with Gasteiger partial charge in [0.15, 0.2) is 11.6 Å². The highest BCUT2D eigenvalue weighted by molar-refractivity contribution is 5.99. The van der Waals surface area contributed by atoms with Gasteiger partial charge in [-0.15, -0.1) is 0 Å². The first-order valence-corrected chi connectivity index (χ1v) is 16.5. The van der Waals surface area contributed by atoms with Crippen molar-refractivity contribution in [2.45, 2.75) is 51.2 Å². The lowest BCUT2D eigenvalue weighted by molar-refractivity contribution is 0.0644. The number of likely N-dealkylation sites (tertiary alicyclic amines) is 2. The second-order valence-corrected chi connectivity index (χ2v) is 12.9. The molecule has 8 nitrogen and oxygen atoms in total. The Hall–Kier alpha value is -4.11. The number of piperidine rings is 2. The number of benzene rings is 2. The quantitative estimate of drug-likeness (QED) is 0.261. The standard InChI is InChI=1S/C37H43FN4O4/c1-46-32-11-6-27(7-12-32)36(44)28-15-20-42(21-16-28)37(45)34-13-8-30(23-39-34)35(43)22-29-14-19-40(25-33(29)38)24-26-4-9-31(10-5-26)41-17-2-3-18-41/h4-13,23,28-29,33H,2-3,14-22,24-25H2,1H3/t29-,33+/m0/s1. The van der Waals surface area contributed by atoms with Crippen molar-refractivity contribution in [3.05, 3.63) is 89.2 Å². The maximum atomic E-state index is 15.2. The molecule has 242 valence electrons. The normalized spacial score (nSPS) is 20.9. The van der Waals surface area contributed by atoms with E-state index in [1.807, 2.05) is 0 Å². The molecule has 3 saturated heterocycles. The minimum atomic E-state index is -1.07. The molecule has 2 aromatic carbocycles. The second-order valence-electron chi connectivity index (χ2n) is 12.9. The van der Waals surface area contributed by atoms with Crippen molar-refractivity contribution in [3.63, 3.8) is 0 Å². The number of hydrogen-bond donors (Lipinski definition) is 0. The highest BCUT2D eigenvalue weighted by Gasteiger charge is 2.32. The molecule has 0 saturated carbocycles. The number of aromatic nitrogens is 1. The van der Waals surface area contributed by atoms with Gasteiger partial charge >= 0.3 is 0 Å². The highest BCUT2D eigenvalue weighted by atomic mass is 19.1. The minimum absolute atomic E-state index is 0.0829. The summed E-state index contributed by atoms with van der Waals surface area (Å²) >= 11 is 0. The molecule has 2 atom stereocenters. The van der Waals surface area contributed by atoms with E-state index in [1.165, 1.54) is 30.3 Å². The first-order valence-electron chi connectivity index (χ1n) is 16.5. The molecule has 46 heavy (non-hydrogen) atoms. The van der Waals surface area contributed by atoms with Crippen LogP contribution in [0.25, 0.3) is 0 Å². The predicted molar refractivity (Wildman–Crippen MR) is 175 cm³/mol. The summed E-state index contributed by atoms with van der Waals surface area (Å²) in [5.41, 5.74) is 3.75. The van der Waals surface area contributed by atoms with Crippen LogP contribution in [0.5, 0.6) is 5.75 Å². The number of pyridine rings is 1. The molecule has 1 amide bonds. The van der Waals surface area contributed by atoms with Gasteiger partial charge in [0.25, 0.3) is 5.91 Å². The summed E-state index contributed by atoms with van der Waals surface area (Å²) in [6, 6.07) is 18.9. The Morgan fingerprint density at radius 2 is 1.54 bits per heavy atom. The monoisotopic (exact) mass is 626 g/mol. The Morgan fingerprint density at radius 3 is 2.17 bits per heavy atom. The molecule has 9 heteroatoms. The first-order chi connectivity index (χ1) is 22.4. The summed E-state index contributed by atoms with van der Waals surface area (Å²) in [6.07, 6.45) is 4.78. The smallest absolute Gasteiger partial charge is 0.272 e. The largest absolute Gasteiger partial charge is 0.497 e. The first kappa shape index (κ1) is 31.9. The van der Waals surface area contributed by atoms with Crippen LogP contribution in [0.3, 0.4) is 0 Å². The number of anilines is 1. The number of alkyl halides is 1. The van der Waals surface area contributed by atoms with Gasteiger partial charge in [0.1, 0.15) is 17.6 Å². The summed E-state index contributed by atoms with van der Waals surface area (Å²) < 4.78 is 20.4. The minimum Gasteiger partial charge on any atom is -0.497 e. The molecule has 0 unspecified atom stereocenters. The summed E-state index contributed by atoms with van der Waals surface area (Å²) in [7, 11) is 1.59. The fraction of sp³-hybridized carbons (Fsp3) is 0.459. The molecule has 0 aliphatic carbocycles. The van der Waals surface area contributed by atoms with Gasteiger partial charge in [-0.05, 0) is 98.7 Å². The Morgan fingerprint density at radius 1 is 0.848 bits per heavy atom. The van der Waals surface area contributed by atoms with Crippen LogP contribution < -0.4 is 9.64 Å². The van der Waals surface area contributed by atoms with Gasteiger partial charge in [0.2, 0.25) is 0 Å². The van der Waals surface area contributed by atoms with E-state index >= 15 is 4.39 Å². The van der Waals surface area contributed by atoms with Gasteiger partial charge < -0.3 is 14.5 Å². The van der Waals surface area contributed by atoms with Crippen molar-refractivity contribution in [1.29, 1.82) is 0 Å². The molecule has 3 aliphatic heterocycles. The van der Waals surface area contributed by atoms with Gasteiger partial charge in [-0.25, -0.2) is 4.39 Å². The molecule has 3 fully saturated rings. The third-order valence-corrected chi connectivity index (χ3v) is 9.85. The lowest BCUT2D eigenvalue weighted by Crippen LogP contribution is -2.42. The van der Waals surface area contributed by atoms with E-state index in [0.29, 0.717) is 62.3 Å². The van der Waals surface area contributed by atoms with Gasteiger partial charge in [0.05, 0.1) is 7.11 Å². The number of ketones is 2. The molecule has 0 bridgehead atoms. The Bertz CT molecular complexity index is 1500. The molecule has 0 spiro atoms. The highest BCUT2D eigenvalue weighted by Crippen LogP contribution is 2.28. The number of carbonyl (C=O) groups excluding carboxylic acids is 3. The Labute approximate surface area is 270 Å². The lowest BCUT2D eigenvalue weighted by atomic mass is 9.88. The van der Waals surface area contributed by atoms with E-state index in [2.05, 4.69) is 39.0 Å². The number of hydrogen-bond acceptors (Lipinski definition) is 7. The van der Waals surface area contributed by atoms with Gasteiger partial charge in [-0.2, -0.15) is 0 Å². The average molecular weight is 627 g/mol. The Kier molecular flexibility index (Phi) is 10.1. The maximum Gasteiger partial charge on any atom is 0.272 e. The molecular formula is C37H43FN4O4. The van der Waals surface area contributed by atoms with Crippen molar-refractivity contribution in [2.24, 2.45) is 11.8 Å². The van der Waals surface area contributed by atoms with Crippen molar-refractivity contribution in [1.82, 2.24) is 14.8 Å². The van der Waals surface area contributed by atoms with E-state index in [9.17, 15) is 14.4 Å². The lowest BCUT2D eigenvalue weighted by Gasteiger charge is -2.34. The van der Waals surface area contributed by atoms with Crippen LogP contribution in [-0.4, -0.2) is 84.8 Å². The molecule has 3 aromatic rings. The summed E-state index contributed by atoms with van der Waals surface area (Å²) in [6.45, 7) is 4.94. The van der Waals surface area contributed by atoms with Gasteiger partial charge in [-0.1, -0.05) is 12.1 Å². The fourth-order valence-electron chi connectivity index (χ4n) is 6.97. The van der Waals surface area contributed by atoms with Crippen LogP contribution >= 0.6 is 0 Å². The van der Waals surface area contributed by atoms with Crippen LogP contribution in [0.4, 0.5) is 10.1 Å².